The molecule has 0 aromatic rings. The van der Waals surface area contributed by atoms with Crippen molar-refractivity contribution in [1.82, 2.24) is 10.6 Å². The number of guanidine groups is 1. The quantitative estimate of drug-likeness (QED) is 0.280. The van der Waals surface area contributed by atoms with E-state index in [9.17, 15) is 4.79 Å². The number of esters is 1. The van der Waals surface area contributed by atoms with E-state index in [0.29, 0.717) is 19.1 Å². The molecular formula is C15H31N3O2. The summed E-state index contributed by atoms with van der Waals surface area (Å²) in [4.78, 5) is 15.7. The second-order valence-corrected chi connectivity index (χ2v) is 5.03. The van der Waals surface area contributed by atoms with Crippen molar-refractivity contribution < 1.29 is 9.53 Å². The van der Waals surface area contributed by atoms with Gasteiger partial charge >= 0.3 is 5.97 Å². The van der Waals surface area contributed by atoms with E-state index in [2.05, 4.69) is 36.4 Å². The molecule has 0 aliphatic carbocycles. The molecule has 0 aliphatic heterocycles. The first-order chi connectivity index (χ1) is 9.60. The normalized spacial score (nSPS) is 11.6. The van der Waals surface area contributed by atoms with Crippen molar-refractivity contribution in [1.29, 1.82) is 0 Å². The van der Waals surface area contributed by atoms with Gasteiger partial charge in [0.1, 0.15) is 0 Å². The van der Waals surface area contributed by atoms with Crippen LogP contribution in [0.2, 0.25) is 0 Å². The number of hydrogen-bond donors (Lipinski definition) is 2. The van der Waals surface area contributed by atoms with E-state index in [1.54, 1.807) is 0 Å². The van der Waals surface area contributed by atoms with Crippen LogP contribution in [0.25, 0.3) is 0 Å². The van der Waals surface area contributed by atoms with Crippen LogP contribution < -0.4 is 10.6 Å². The Labute approximate surface area is 123 Å². The maximum absolute atomic E-state index is 11.1. The van der Waals surface area contributed by atoms with Crippen molar-refractivity contribution in [2.45, 2.75) is 65.8 Å². The van der Waals surface area contributed by atoms with Crippen molar-refractivity contribution in [2.75, 3.05) is 19.7 Å². The standard InChI is InChI=1S/C15H31N3O2/c1-5-16-15(18-13(3)4)17-12-10-8-7-9-11-14(19)20-6-2/h13H,5-12H2,1-4H3,(H2,16,17,18). The largest absolute Gasteiger partial charge is 0.466 e. The first-order valence-corrected chi connectivity index (χ1v) is 7.80. The number of ether oxygens (including phenoxy) is 1. The van der Waals surface area contributed by atoms with Crippen LogP contribution in [0.1, 0.15) is 59.8 Å². The highest BCUT2D eigenvalue weighted by Crippen LogP contribution is 2.04. The Bertz CT molecular complexity index is 278. The Morgan fingerprint density at radius 1 is 1.15 bits per heavy atom. The number of rotatable bonds is 10. The lowest BCUT2D eigenvalue weighted by Crippen LogP contribution is -2.41. The summed E-state index contributed by atoms with van der Waals surface area (Å²) in [6.07, 6.45) is 4.66. The molecule has 0 aliphatic rings. The van der Waals surface area contributed by atoms with Crippen LogP contribution in [0.3, 0.4) is 0 Å². The molecule has 0 amide bonds. The molecule has 0 saturated heterocycles. The second kappa shape index (κ2) is 12.8. The minimum Gasteiger partial charge on any atom is -0.466 e. The smallest absolute Gasteiger partial charge is 0.305 e. The minimum absolute atomic E-state index is 0.0823. The van der Waals surface area contributed by atoms with Crippen LogP contribution in [0.5, 0.6) is 0 Å². The summed E-state index contributed by atoms with van der Waals surface area (Å²) >= 11 is 0. The van der Waals surface area contributed by atoms with Gasteiger partial charge in [0.25, 0.3) is 0 Å². The number of carbonyl (C=O) groups excluding carboxylic acids is 1. The molecular weight excluding hydrogens is 254 g/mol. The molecule has 0 saturated carbocycles. The minimum atomic E-state index is -0.0823. The summed E-state index contributed by atoms with van der Waals surface area (Å²) in [6.45, 7) is 10.3. The van der Waals surface area contributed by atoms with Gasteiger partial charge < -0.3 is 15.4 Å². The fourth-order valence-electron chi connectivity index (χ4n) is 1.75. The highest BCUT2D eigenvalue weighted by Gasteiger charge is 2.01. The van der Waals surface area contributed by atoms with Crippen LogP contribution >= 0.6 is 0 Å². The number of nitrogens with one attached hydrogen (secondary N) is 2. The van der Waals surface area contributed by atoms with Crippen LogP contribution in [-0.4, -0.2) is 37.7 Å². The zero-order valence-electron chi connectivity index (χ0n) is 13.5. The van der Waals surface area contributed by atoms with Gasteiger partial charge in [0.2, 0.25) is 0 Å². The summed E-state index contributed by atoms with van der Waals surface area (Å²) in [6, 6.07) is 0.386. The molecule has 118 valence electrons. The van der Waals surface area contributed by atoms with Crippen molar-refractivity contribution in [2.24, 2.45) is 4.99 Å². The van der Waals surface area contributed by atoms with E-state index < -0.39 is 0 Å². The van der Waals surface area contributed by atoms with E-state index in [4.69, 9.17) is 4.74 Å². The number of aliphatic imine (C=N–C) groups is 1. The molecule has 5 nitrogen and oxygen atoms in total. The maximum Gasteiger partial charge on any atom is 0.305 e. The molecule has 2 N–H and O–H groups in total. The summed E-state index contributed by atoms with van der Waals surface area (Å²) in [5, 5.41) is 6.51. The average molecular weight is 285 g/mol. The topological polar surface area (TPSA) is 62.7 Å². The first kappa shape index (κ1) is 18.7. The van der Waals surface area contributed by atoms with E-state index in [1.165, 1.54) is 0 Å². The van der Waals surface area contributed by atoms with Crippen molar-refractivity contribution in [3.63, 3.8) is 0 Å². The van der Waals surface area contributed by atoms with Crippen LogP contribution in [0, 0.1) is 0 Å². The summed E-state index contributed by atoms with van der Waals surface area (Å²) in [7, 11) is 0. The van der Waals surface area contributed by atoms with Crippen molar-refractivity contribution in [3.05, 3.63) is 0 Å². The lowest BCUT2D eigenvalue weighted by Gasteiger charge is -2.13. The van der Waals surface area contributed by atoms with Gasteiger partial charge in [-0.25, -0.2) is 0 Å². The predicted molar refractivity (Wildman–Crippen MR) is 84.0 cm³/mol. The molecule has 0 radical (unpaired) electrons. The van der Waals surface area contributed by atoms with Crippen LogP contribution in [-0.2, 0) is 9.53 Å². The van der Waals surface area contributed by atoms with Gasteiger partial charge in [-0.1, -0.05) is 12.8 Å². The van der Waals surface area contributed by atoms with Gasteiger partial charge in [0.05, 0.1) is 6.61 Å². The van der Waals surface area contributed by atoms with E-state index in [-0.39, 0.29) is 5.97 Å². The fraction of sp³-hybridized carbons (Fsp3) is 0.867. The Kier molecular flexibility index (Phi) is 12.0. The lowest BCUT2D eigenvalue weighted by atomic mass is 10.1. The number of unbranched alkanes of at least 4 members (excludes halogenated alkanes) is 3. The fourth-order valence-corrected chi connectivity index (χ4v) is 1.75. The third kappa shape index (κ3) is 11.8. The molecule has 0 spiro atoms. The van der Waals surface area contributed by atoms with Gasteiger partial charge in [-0.15, -0.1) is 0 Å². The summed E-state index contributed by atoms with van der Waals surface area (Å²) in [5.41, 5.74) is 0. The lowest BCUT2D eigenvalue weighted by molar-refractivity contribution is -0.143. The van der Waals surface area contributed by atoms with Crippen molar-refractivity contribution in [3.8, 4) is 0 Å². The molecule has 0 unspecified atom stereocenters. The zero-order chi connectivity index (χ0) is 15.2. The molecule has 0 atom stereocenters. The molecule has 0 rings (SSSR count). The van der Waals surface area contributed by atoms with E-state index >= 15 is 0 Å². The molecule has 5 heteroatoms. The summed E-state index contributed by atoms with van der Waals surface area (Å²) in [5.74, 6) is 0.801. The number of hydrogen-bond acceptors (Lipinski definition) is 3. The van der Waals surface area contributed by atoms with E-state index in [1.807, 2.05) is 6.92 Å². The van der Waals surface area contributed by atoms with Crippen LogP contribution in [0.4, 0.5) is 0 Å². The Balaban J connectivity index is 3.63. The summed E-state index contributed by atoms with van der Waals surface area (Å²) < 4.78 is 4.89. The predicted octanol–water partition coefficient (Wildman–Crippen LogP) is 2.46. The maximum atomic E-state index is 11.1. The van der Waals surface area contributed by atoms with Gasteiger partial charge in [-0.05, 0) is 40.5 Å². The second-order valence-electron chi connectivity index (χ2n) is 5.03. The Hall–Kier alpha value is -1.26. The molecule has 0 aromatic heterocycles. The van der Waals surface area contributed by atoms with Crippen molar-refractivity contribution >= 4 is 11.9 Å². The zero-order valence-corrected chi connectivity index (χ0v) is 13.5. The number of carbonyl (C=O) groups is 1. The van der Waals surface area contributed by atoms with Gasteiger partial charge in [-0.3, -0.25) is 9.79 Å². The van der Waals surface area contributed by atoms with Gasteiger partial charge in [0.15, 0.2) is 5.96 Å². The van der Waals surface area contributed by atoms with Gasteiger partial charge in [-0.2, -0.15) is 0 Å². The Morgan fingerprint density at radius 2 is 1.85 bits per heavy atom. The van der Waals surface area contributed by atoms with Crippen LogP contribution in [0.15, 0.2) is 4.99 Å². The molecule has 0 aromatic carbocycles. The highest BCUT2D eigenvalue weighted by molar-refractivity contribution is 5.79. The first-order valence-electron chi connectivity index (χ1n) is 7.80. The molecule has 0 fully saturated rings. The highest BCUT2D eigenvalue weighted by atomic mass is 16.5. The third-order valence-corrected chi connectivity index (χ3v) is 2.63. The van der Waals surface area contributed by atoms with Gasteiger partial charge in [0, 0.05) is 25.6 Å². The average Bonchev–Trinajstić information content (AvgIpc) is 2.37. The van der Waals surface area contributed by atoms with E-state index in [0.717, 1.165) is 44.7 Å². The Morgan fingerprint density at radius 3 is 2.45 bits per heavy atom. The molecule has 20 heavy (non-hydrogen) atoms. The third-order valence-electron chi connectivity index (χ3n) is 2.63. The monoisotopic (exact) mass is 285 g/mol. The SMILES string of the molecule is CCNC(=NCCCCCCC(=O)OCC)NC(C)C. The molecule has 0 bridgehead atoms. The molecule has 0 heterocycles. The number of nitrogens with zero attached hydrogens (tertiary/aromatic N) is 1.